The molecule has 0 unspecified atom stereocenters. The lowest BCUT2D eigenvalue weighted by molar-refractivity contribution is -0.179. The van der Waals surface area contributed by atoms with Gasteiger partial charge in [-0.25, -0.2) is 4.79 Å². The Kier molecular flexibility index (Phi) is 4.32. The first kappa shape index (κ1) is 14.8. The Labute approximate surface area is 94.7 Å². The standard InChI is InChI=1S/C4H3F4IO5S/c5-3(6,1-14-2(9)10)4(7,8)15(11,12)13/h1H2,(H,11,12,13). The van der Waals surface area contributed by atoms with E-state index in [0.717, 1.165) is 22.6 Å². The zero-order valence-electron chi connectivity index (χ0n) is 6.59. The van der Waals surface area contributed by atoms with Crippen LogP contribution in [0.25, 0.3) is 0 Å². The Balaban J connectivity index is 4.94. The lowest BCUT2D eigenvalue weighted by Crippen LogP contribution is -2.49. The molecule has 90 valence electrons. The van der Waals surface area contributed by atoms with Gasteiger partial charge in [-0.3, -0.25) is 4.55 Å². The maximum absolute atomic E-state index is 12.5. The molecule has 1 N–H and O–H groups in total. The highest BCUT2D eigenvalue weighted by Crippen LogP contribution is 2.38. The van der Waals surface area contributed by atoms with Crippen molar-refractivity contribution in [3.05, 3.63) is 0 Å². The molecule has 0 aromatic carbocycles. The van der Waals surface area contributed by atoms with Crippen LogP contribution in [0.15, 0.2) is 0 Å². The van der Waals surface area contributed by atoms with Crippen LogP contribution in [0.3, 0.4) is 0 Å². The summed E-state index contributed by atoms with van der Waals surface area (Å²) in [6.45, 7) is -2.15. The van der Waals surface area contributed by atoms with Crippen LogP contribution in [0.5, 0.6) is 0 Å². The van der Waals surface area contributed by atoms with E-state index in [1.807, 2.05) is 0 Å². The number of carbonyl (C=O) groups is 1. The second-order valence-corrected chi connectivity index (χ2v) is 4.57. The maximum Gasteiger partial charge on any atom is 0.435 e. The molecule has 0 aliphatic carbocycles. The lowest BCUT2D eigenvalue weighted by Gasteiger charge is -2.22. The van der Waals surface area contributed by atoms with Gasteiger partial charge in [-0.2, -0.15) is 26.0 Å². The van der Waals surface area contributed by atoms with Crippen molar-refractivity contribution in [2.24, 2.45) is 0 Å². The summed E-state index contributed by atoms with van der Waals surface area (Å²) in [6.07, 6.45) is 0. The lowest BCUT2D eigenvalue weighted by atomic mass is 10.4. The molecule has 11 heteroatoms. The molecule has 0 bridgehead atoms. The van der Waals surface area contributed by atoms with E-state index in [2.05, 4.69) is 4.74 Å². The fourth-order valence-electron chi connectivity index (χ4n) is 0.420. The summed E-state index contributed by atoms with van der Waals surface area (Å²) >= 11 is 0.880. The van der Waals surface area contributed by atoms with Crippen molar-refractivity contribution in [2.75, 3.05) is 6.61 Å². The minimum Gasteiger partial charge on any atom is -0.451 e. The van der Waals surface area contributed by atoms with Gasteiger partial charge in [0.05, 0.1) is 22.6 Å². The zero-order valence-corrected chi connectivity index (χ0v) is 9.56. The van der Waals surface area contributed by atoms with E-state index >= 15 is 0 Å². The number of halogens is 5. The van der Waals surface area contributed by atoms with Crippen LogP contribution in [-0.2, 0) is 14.9 Å². The van der Waals surface area contributed by atoms with Gasteiger partial charge in [0.2, 0.25) is 0 Å². The summed E-state index contributed by atoms with van der Waals surface area (Å²) in [4.78, 5) is 10.0. The molecule has 0 aliphatic heterocycles. The van der Waals surface area contributed by atoms with Crippen molar-refractivity contribution in [1.29, 1.82) is 0 Å². The Bertz CT molecular complexity index is 352. The topological polar surface area (TPSA) is 80.7 Å². The number of hydrogen-bond acceptors (Lipinski definition) is 4. The molecular weight excluding hydrogens is 363 g/mol. The van der Waals surface area contributed by atoms with Gasteiger partial charge in [0.1, 0.15) is 0 Å². The SMILES string of the molecule is O=C(I)OCC(F)(F)C(F)(F)S(=O)(=O)O. The predicted octanol–water partition coefficient (Wildman–Crippen LogP) is 1.67. The molecule has 0 fully saturated rings. The Morgan fingerprint density at radius 1 is 1.33 bits per heavy atom. The maximum atomic E-state index is 12.5. The number of alkyl halides is 4. The Morgan fingerprint density at radius 3 is 2.00 bits per heavy atom. The van der Waals surface area contributed by atoms with E-state index in [1.165, 1.54) is 0 Å². The van der Waals surface area contributed by atoms with Crippen molar-refractivity contribution in [2.45, 2.75) is 11.2 Å². The van der Waals surface area contributed by atoms with E-state index in [1.54, 1.807) is 0 Å². The minimum atomic E-state index is -6.29. The van der Waals surface area contributed by atoms with Crippen LogP contribution in [0.4, 0.5) is 22.4 Å². The first-order valence-electron chi connectivity index (χ1n) is 2.97. The largest absolute Gasteiger partial charge is 0.451 e. The minimum absolute atomic E-state index is 0.880. The monoisotopic (exact) mass is 366 g/mol. The molecule has 0 saturated heterocycles. The van der Waals surface area contributed by atoms with E-state index in [4.69, 9.17) is 4.55 Å². The van der Waals surface area contributed by atoms with Gasteiger partial charge in [-0.1, -0.05) is 0 Å². The van der Waals surface area contributed by atoms with Crippen LogP contribution in [0.1, 0.15) is 0 Å². The Hall–Kier alpha value is -0.170. The summed E-state index contributed by atoms with van der Waals surface area (Å²) in [5.41, 5.74) is 0. The molecule has 15 heavy (non-hydrogen) atoms. The number of carbonyl (C=O) groups excluding carboxylic acids is 1. The van der Waals surface area contributed by atoms with Crippen molar-refractivity contribution in [3.8, 4) is 0 Å². The quantitative estimate of drug-likeness (QED) is 0.355. The van der Waals surface area contributed by atoms with Crippen LogP contribution < -0.4 is 0 Å². The van der Waals surface area contributed by atoms with E-state index < -0.39 is 31.9 Å². The summed E-state index contributed by atoms with van der Waals surface area (Å²) in [6, 6.07) is 0. The number of rotatable bonds is 4. The first-order valence-corrected chi connectivity index (χ1v) is 5.48. The van der Waals surface area contributed by atoms with Gasteiger partial charge in [-0.05, 0) is 0 Å². The van der Waals surface area contributed by atoms with E-state index in [9.17, 15) is 30.8 Å². The molecule has 0 amide bonds. The average Bonchev–Trinajstić information content (AvgIpc) is 1.98. The van der Waals surface area contributed by atoms with Crippen LogP contribution in [0, 0.1) is 0 Å². The summed E-state index contributed by atoms with van der Waals surface area (Å²) in [5.74, 6) is -5.21. The summed E-state index contributed by atoms with van der Waals surface area (Å²) in [5, 5.41) is -5.72. The van der Waals surface area contributed by atoms with Crippen LogP contribution in [0.2, 0.25) is 0 Å². The highest BCUT2D eigenvalue weighted by Gasteiger charge is 2.66. The van der Waals surface area contributed by atoms with Crippen LogP contribution >= 0.6 is 22.6 Å². The second-order valence-electron chi connectivity index (χ2n) is 2.22. The van der Waals surface area contributed by atoms with E-state index in [0.29, 0.717) is 0 Å². The van der Waals surface area contributed by atoms with Crippen molar-refractivity contribution in [3.63, 3.8) is 0 Å². The molecule has 0 heterocycles. The normalized spacial score (nSPS) is 13.7. The smallest absolute Gasteiger partial charge is 0.435 e. The molecule has 0 aromatic heterocycles. The highest BCUT2D eigenvalue weighted by atomic mass is 127. The molecule has 0 atom stereocenters. The Morgan fingerprint density at radius 2 is 1.73 bits per heavy atom. The second kappa shape index (κ2) is 4.37. The first-order chi connectivity index (χ1) is 6.42. The fourth-order valence-corrected chi connectivity index (χ4v) is 1.01. The fraction of sp³-hybridized carbons (Fsp3) is 0.750. The van der Waals surface area contributed by atoms with Gasteiger partial charge in [0.25, 0.3) is 0 Å². The third-order valence-electron chi connectivity index (χ3n) is 1.12. The van der Waals surface area contributed by atoms with Gasteiger partial charge in [0, 0.05) is 0 Å². The molecule has 0 radical (unpaired) electrons. The molecule has 5 nitrogen and oxygen atoms in total. The predicted molar refractivity (Wildman–Crippen MR) is 46.8 cm³/mol. The van der Waals surface area contributed by atoms with Gasteiger partial charge >= 0.3 is 25.3 Å². The average molecular weight is 366 g/mol. The molecule has 0 aromatic rings. The van der Waals surface area contributed by atoms with Crippen molar-refractivity contribution in [1.82, 2.24) is 0 Å². The van der Waals surface area contributed by atoms with Crippen molar-refractivity contribution < 1.29 is 40.1 Å². The molecule has 0 aliphatic rings. The number of hydrogen-bond donors (Lipinski definition) is 1. The molecular formula is C4H3F4IO5S. The number of ether oxygens (including phenoxy) is 1. The van der Waals surface area contributed by atoms with Gasteiger partial charge < -0.3 is 4.74 Å². The third-order valence-corrected chi connectivity index (χ3v) is 2.37. The highest BCUT2D eigenvalue weighted by molar-refractivity contribution is 14.1. The van der Waals surface area contributed by atoms with E-state index in [-0.39, 0.29) is 0 Å². The van der Waals surface area contributed by atoms with Crippen LogP contribution in [-0.4, -0.2) is 34.7 Å². The summed E-state index contributed by atoms with van der Waals surface area (Å²) in [7, 11) is -6.29. The molecule has 0 spiro atoms. The van der Waals surface area contributed by atoms with Gasteiger partial charge in [0.15, 0.2) is 6.61 Å². The molecule has 0 saturated carbocycles. The third kappa shape index (κ3) is 3.41. The van der Waals surface area contributed by atoms with Crippen molar-refractivity contribution >= 4 is 36.7 Å². The van der Waals surface area contributed by atoms with Gasteiger partial charge in [-0.15, -0.1) is 0 Å². The zero-order chi connectivity index (χ0) is 12.5. The summed E-state index contributed by atoms with van der Waals surface area (Å²) < 4.78 is 79.6. The molecule has 0 rings (SSSR count).